The number of likely N-dealkylation sites (tertiary alicyclic amines) is 1. The van der Waals surface area contributed by atoms with Crippen molar-refractivity contribution in [1.82, 2.24) is 20.4 Å². The summed E-state index contributed by atoms with van der Waals surface area (Å²) >= 11 is 1.66. The highest BCUT2D eigenvalue weighted by molar-refractivity contribution is 8.02. The van der Waals surface area contributed by atoms with Gasteiger partial charge in [-0.05, 0) is 31.7 Å². The van der Waals surface area contributed by atoms with Crippen LogP contribution in [0.15, 0.2) is 30.3 Å². The van der Waals surface area contributed by atoms with Gasteiger partial charge in [0.05, 0.1) is 42.4 Å². The number of carbonyl (C=O) groups is 3. The minimum absolute atomic E-state index is 0.102. The second-order valence-electron chi connectivity index (χ2n) is 11.1. The van der Waals surface area contributed by atoms with Gasteiger partial charge in [-0.3, -0.25) is 19.3 Å². The molecule has 38 heavy (non-hydrogen) atoms. The molecule has 0 saturated carbocycles. The van der Waals surface area contributed by atoms with E-state index in [1.165, 1.54) is 0 Å². The van der Waals surface area contributed by atoms with Crippen molar-refractivity contribution in [2.24, 2.45) is 11.8 Å². The molecular weight excluding hydrogens is 504 g/mol. The standard InChI is InChI=1S/C28H40N4O5S/c1-3-11-29-24(34)21-22-26(36)32(20(18-33)19-7-5-4-6-8-19)23(28(22)10-9-27(21,2)38-28)25(35)30-12-13-31-14-16-37-17-15-31/h4-8,20-23,33H,3,9-18H2,1-2H3,(H,29,34)(H,30,35)/t20-,21+,22+,23?,27-,28?/m1/s1. The molecule has 4 fully saturated rings. The number of morpholine rings is 1. The zero-order valence-corrected chi connectivity index (χ0v) is 23.2. The largest absolute Gasteiger partial charge is 0.394 e. The normalized spacial score (nSPS) is 33.3. The lowest BCUT2D eigenvalue weighted by Gasteiger charge is -2.37. The quantitative estimate of drug-likeness (QED) is 0.406. The monoisotopic (exact) mass is 544 g/mol. The average molecular weight is 545 g/mol. The van der Waals surface area contributed by atoms with Crippen molar-refractivity contribution in [2.75, 3.05) is 52.5 Å². The lowest BCUT2D eigenvalue weighted by Crippen LogP contribution is -2.55. The number of amides is 3. The molecule has 1 spiro atoms. The first-order valence-corrected chi connectivity index (χ1v) is 14.7. The van der Waals surface area contributed by atoms with E-state index in [1.54, 1.807) is 16.7 Å². The highest BCUT2D eigenvalue weighted by atomic mass is 32.2. The minimum atomic E-state index is -0.766. The minimum Gasteiger partial charge on any atom is -0.394 e. The van der Waals surface area contributed by atoms with Crippen LogP contribution in [0.25, 0.3) is 0 Å². The first-order valence-electron chi connectivity index (χ1n) is 13.9. The average Bonchev–Trinajstić information content (AvgIpc) is 3.50. The van der Waals surface area contributed by atoms with E-state index in [1.807, 2.05) is 37.3 Å². The smallest absolute Gasteiger partial charge is 0.244 e. The van der Waals surface area contributed by atoms with Crippen molar-refractivity contribution >= 4 is 29.5 Å². The Morgan fingerprint density at radius 2 is 1.84 bits per heavy atom. The van der Waals surface area contributed by atoms with Gasteiger partial charge < -0.3 is 25.4 Å². The van der Waals surface area contributed by atoms with Crippen LogP contribution in [0.4, 0.5) is 0 Å². The molecule has 1 aromatic rings. The first-order chi connectivity index (χ1) is 18.4. The van der Waals surface area contributed by atoms with E-state index in [0.717, 1.165) is 31.5 Å². The molecule has 0 radical (unpaired) electrons. The van der Waals surface area contributed by atoms with E-state index in [-0.39, 0.29) is 24.3 Å². The number of ether oxygens (including phenoxy) is 1. The van der Waals surface area contributed by atoms with Gasteiger partial charge in [-0.1, -0.05) is 37.3 Å². The fraction of sp³-hybridized carbons (Fsp3) is 0.679. The maximum atomic E-state index is 14.3. The number of fused-ring (bicyclic) bond motifs is 1. The van der Waals surface area contributed by atoms with Gasteiger partial charge in [0.2, 0.25) is 17.7 Å². The fourth-order valence-corrected chi connectivity index (χ4v) is 9.39. The first kappa shape index (κ1) is 27.4. The van der Waals surface area contributed by atoms with Crippen LogP contribution in [0.5, 0.6) is 0 Å². The van der Waals surface area contributed by atoms with Crippen molar-refractivity contribution < 1.29 is 24.2 Å². The van der Waals surface area contributed by atoms with E-state index < -0.39 is 33.4 Å². The summed E-state index contributed by atoms with van der Waals surface area (Å²) in [5, 5.41) is 16.7. The van der Waals surface area contributed by atoms with Crippen molar-refractivity contribution in [3.63, 3.8) is 0 Å². The van der Waals surface area contributed by atoms with Gasteiger partial charge in [0.15, 0.2) is 0 Å². The number of benzene rings is 1. The van der Waals surface area contributed by atoms with Crippen LogP contribution in [0.1, 0.15) is 44.7 Å². The molecule has 10 heteroatoms. The third-order valence-corrected chi connectivity index (χ3v) is 10.8. The maximum Gasteiger partial charge on any atom is 0.244 e. The Kier molecular flexibility index (Phi) is 8.05. The lowest BCUT2D eigenvalue weighted by molar-refractivity contribution is -0.143. The molecule has 2 unspecified atom stereocenters. The number of aliphatic hydroxyl groups is 1. The van der Waals surface area contributed by atoms with Crippen molar-refractivity contribution in [3.8, 4) is 0 Å². The van der Waals surface area contributed by atoms with Crippen LogP contribution in [0, 0.1) is 11.8 Å². The summed E-state index contributed by atoms with van der Waals surface area (Å²) in [6.07, 6.45) is 2.27. The Balaban J connectivity index is 1.47. The molecule has 1 aromatic carbocycles. The number of carbonyl (C=O) groups excluding carboxylic acids is 3. The number of aliphatic hydroxyl groups excluding tert-OH is 1. The summed E-state index contributed by atoms with van der Waals surface area (Å²) in [5.74, 6) is -1.61. The van der Waals surface area contributed by atoms with Gasteiger partial charge >= 0.3 is 0 Å². The molecule has 6 atom stereocenters. The predicted octanol–water partition coefficient (Wildman–Crippen LogP) is 1.18. The van der Waals surface area contributed by atoms with Gasteiger partial charge in [0, 0.05) is 37.5 Å². The summed E-state index contributed by atoms with van der Waals surface area (Å²) in [7, 11) is 0. The number of nitrogens with zero attached hydrogens (tertiary/aromatic N) is 2. The highest BCUT2D eigenvalue weighted by Gasteiger charge is 2.77. The Morgan fingerprint density at radius 3 is 2.53 bits per heavy atom. The molecule has 4 saturated heterocycles. The Labute approximate surface area is 229 Å². The summed E-state index contributed by atoms with van der Waals surface area (Å²) < 4.78 is 4.32. The molecule has 4 heterocycles. The van der Waals surface area contributed by atoms with Crippen molar-refractivity contribution in [2.45, 2.75) is 54.7 Å². The van der Waals surface area contributed by atoms with Crippen LogP contribution in [0.3, 0.4) is 0 Å². The number of hydrogen-bond donors (Lipinski definition) is 3. The zero-order valence-electron chi connectivity index (χ0n) is 22.4. The molecule has 4 aliphatic heterocycles. The van der Waals surface area contributed by atoms with Crippen LogP contribution in [-0.2, 0) is 19.1 Å². The zero-order chi connectivity index (χ0) is 26.9. The van der Waals surface area contributed by atoms with Crippen LogP contribution < -0.4 is 10.6 Å². The third-order valence-electron chi connectivity index (χ3n) is 8.82. The molecule has 9 nitrogen and oxygen atoms in total. The van der Waals surface area contributed by atoms with E-state index in [9.17, 15) is 19.5 Å². The third kappa shape index (κ3) is 4.63. The topological polar surface area (TPSA) is 111 Å². The molecule has 3 amide bonds. The van der Waals surface area contributed by atoms with Crippen LogP contribution in [-0.4, -0.2) is 101 Å². The van der Waals surface area contributed by atoms with Gasteiger partial charge in [-0.25, -0.2) is 0 Å². The molecule has 3 N–H and O–H groups in total. The van der Waals surface area contributed by atoms with Gasteiger partial charge in [-0.2, -0.15) is 0 Å². The molecule has 0 aromatic heterocycles. The number of thioether (sulfide) groups is 1. The maximum absolute atomic E-state index is 14.3. The molecular formula is C28H40N4O5S. The van der Waals surface area contributed by atoms with E-state index >= 15 is 0 Å². The second-order valence-corrected chi connectivity index (χ2v) is 13.0. The summed E-state index contributed by atoms with van der Waals surface area (Å²) in [4.78, 5) is 45.7. The van der Waals surface area contributed by atoms with Crippen LogP contribution in [0.2, 0.25) is 0 Å². The SMILES string of the molecule is CCCNC(=O)[C@@H]1[C@H]2C(=O)N([C@H](CO)c3ccccc3)C(C(=O)NCCN3CCOCC3)C23CC[C@@]1(C)S3. The van der Waals surface area contributed by atoms with Crippen molar-refractivity contribution in [3.05, 3.63) is 35.9 Å². The van der Waals surface area contributed by atoms with Gasteiger partial charge in [0.25, 0.3) is 0 Å². The summed E-state index contributed by atoms with van der Waals surface area (Å²) in [6.45, 7) is 8.56. The molecule has 0 aliphatic carbocycles. The Bertz CT molecular complexity index is 1040. The molecule has 2 bridgehead atoms. The summed E-state index contributed by atoms with van der Waals surface area (Å²) in [5.41, 5.74) is 0.781. The number of hydrogen-bond acceptors (Lipinski definition) is 7. The fourth-order valence-electron chi connectivity index (χ4n) is 7.05. The van der Waals surface area contributed by atoms with E-state index in [0.29, 0.717) is 39.3 Å². The van der Waals surface area contributed by atoms with Gasteiger partial charge in [0.1, 0.15) is 6.04 Å². The molecule has 5 rings (SSSR count). The van der Waals surface area contributed by atoms with Crippen LogP contribution >= 0.6 is 11.8 Å². The highest BCUT2D eigenvalue weighted by Crippen LogP contribution is 2.71. The molecule has 4 aliphatic rings. The number of rotatable bonds is 10. The summed E-state index contributed by atoms with van der Waals surface area (Å²) in [6, 6.07) is 7.96. The Hall–Kier alpha value is -2.14. The van der Waals surface area contributed by atoms with Gasteiger partial charge in [-0.15, -0.1) is 11.8 Å². The predicted molar refractivity (Wildman–Crippen MR) is 145 cm³/mol. The lowest BCUT2D eigenvalue weighted by atomic mass is 9.66. The second kappa shape index (κ2) is 11.2. The molecule has 208 valence electrons. The van der Waals surface area contributed by atoms with E-state index in [2.05, 4.69) is 22.5 Å². The Morgan fingerprint density at radius 1 is 1.13 bits per heavy atom. The van der Waals surface area contributed by atoms with E-state index in [4.69, 9.17) is 4.74 Å². The van der Waals surface area contributed by atoms with Crippen molar-refractivity contribution in [1.29, 1.82) is 0 Å². The number of nitrogens with one attached hydrogen (secondary N) is 2.